The molecular weight excluding hydrogens is 218 g/mol. The molecule has 17 heavy (non-hydrogen) atoms. The highest BCUT2D eigenvalue weighted by molar-refractivity contribution is 5.92. The number of hydrogen-bond acceptors (Lipinski definition) is 4. The Morgan fingerprint density at radius 3 is 3.12 bits per heavy atom. The van der Waals surface area contributed by atoms with Crippen LogP contribution in [-0.2, 0) is 0 Å². The molecule has 1 amide bonds. The van der Waals surface area contributed by atoms with Gasteiger partial charge in [0.15, 0.2) is 0 Å². The molecule has 2 rings (SSSR count). The third kappa shape index (κ3) is 2.94. The topological polar surface area (TPSA) is 68.4 Å². The summed E-state index contributed by atoms with van der Waals surface area (Å²) in [4.78, 5) is 17.2. The first-order chi connectivity index (χ1) is 8.16. The van der Waals surface area contributed by atoms with Crippen LogP contribution in [0.3, 0.4) is 0 Å². The van der Waals surface area contributed by atoms with Crippen molar-refractivity contribution in [3.63, 3.8) is 0 Å². The molecule has 0 aliphatic carbocycles. The SMILES string of the molecule is CN1CCC[C@H]1COc1cncc(C(N)=O)c1. The smallest absolute Gasteiger partial charge is 0.250 e. The molecule has 5 heteroatoms. The van der Waals surface area contributed by atoms with E-state index in [0.717, 1.165) is 13.0 Å². The number of ether oxygens (including phenoxy) is 1. The minimum absolute atomic E-state index is 0.377. The van der Waals surface area contributed by atoms with Gasteiger partial charge in [-0.3, -0.25) is 9.78 Å². The van der Waals surface area contributed by atoms with Gasteiger partial charge in [0, 0.05) is 12.2 Å². The van der Waals surface area contributed by atoms with Gasteiger partial charge in [-0.1, -0.05) is 0 Å². The molecule has 5 nitrogen and oxygen atoms in total. The van der Waals surface area contributed by atoms with E-state index in [2.05, 4.69) is 16.9 Å². The van der Waals surface area contributed by atoms with Crippen LogP contribution in [0.15, 0.2) is 18.5 Å². The lowest BCUT2D eigenvalue weighted by atomic mass is 10.2. The lowest BCUT2D eigenvalue weighted by Crippen LogP contribution is -2.30. The van der Waals surface area contributed by atoms with E-state index in [0.29, 0.717) is 24.0 Å². The molecule has 1 aliphatic heterocycles. The van der Waals surface area contributed by atoms with E-state index in [1.807, 2.05) is 0 Å². The zero-order chi connectivity index (χ0) is 12.3. The van der Waals surface area contributed by atoms with Gasteiger partial charge in [-0.25, -0.2) is 0 Å². The number of nitrogens with zero attached hydrogens (tertiary/aromatic N) is 2. The molecule has 1 fully saturated rings. The molecule has 1 saturated heterocycles. The number of primary amides is 1. The van der Waals surface area contributed by atoms with Gasteiger partial charge >= 0.3 is 0 Å². The summed E-state index contributed by atoms with van der Waals surface area (Å²) in [6.07, 6.45) is 5.40. The summed E-state index contributed by atoms with van der Waals surface area (Å²) in [6, 6.07) is 2.08. The molecule has 0 bridgehead atoms. The molecule has 2 N–H and O–H groups in total. The number of rotatable bonds is 4. The van der Waals surface area contributed by atoms with E-state index in [1.54, 1.807) is 12.3 Å². The molecular formula is C12H17N3O2. The monoisotopic (exact) mass is 235 g/mol. The fourth-order valence-corrected chi connectivity index (χ4v) is 2.01. The number of nitrogens with two attached hydrogens (primary N) is 1. The summed E-state index contributed by atoms with van der Waals surface area (Å²) in [5.74, 6) is 0.113. The normalized spacial score (nSPS) is 20.4. The van der Waals surface area contributed by atoms with Crippen LogP contribution in [-0.4, -0.2) is 42.0 Å². The third-order valence-corrected chi connectivity index (χ3v) is 3.11. The number of hydrogen-bond donors (Lipinski definition) is 1. The second kappa shape index (κ2) is 5.14. The fourth-order valence-electron chi connectivity index (χ4n) is 2.01. The van der Waals surface area contributed by atoms with E-state index in [1.165, 1.54) is 12.6 Å². The molecule has 1 aliphatic rings. The quantitative estimate of drug-likeness (QED) is 0.832. The molecule has 0 saturated carbocycles. The van der Waals surface area contributed by atoms with Crippen molar-refractivity contribution in [3.8, 4) is 5.75 Å². The van der Waals surface area contributed by atoms with Crippen LogP contribution < -0.4 is 10.5 Å². The van der Waals surface area contributed by atoms with Crippen molar-refractivity contribution in [3.05, 3.63) is 24.0 Å². The van der Waals surface area contributed by atoms with Crippen molar-refractivity contribution in [1.29, 1.82) is 0 Å². The number of aromatic nitrogens is 1. The van der Waals surface area contributed by atoms with Gasteiger partial charge in [-0.15, -0.1) is 0 Å². The Bertz CT molecular complexity index is 408. The highest BCUT2D eigenvalue weighted by Crippen LogP contribution is 2.17. The minimum Gasteiger partial charge on any atom is -0.490 e. The summed E-state index contributed by atoms with van der Waals surface area (Å²) in [5.41, 5.74) is 5.56. The van der Waals surface area contributed by atoms with Gasteiger partial charge in [0.1, 0.15) is 12.4 Å². The Kier molecular flexibility index (Phi) is 3.58. The maximum absolute atomic E-state index is 11.0. The van der Waals surface area contributed by atoms with Gasteiger partial charge in [-0.05, 0) is 32.5 Å². The zero-order valence-electron chi connectivity index (χ0n) is 9.93. The molecule has 0 spiro atoms. The van der Waals surface area contributed by atoms with Crippen LogP contribution in [0.5, 0.6) is 5.75 Å². The van der Waals surface area contributed by atoms with Crippen LogP contribution in [0.1, 0.15) is 23.2 Å². The summed E-state index contributed by atoms with van der Waals surface area (Å²) in [7, 11) is 2.10. The van der Waals surface area contributed by atoms with Crippen molar-refractivity contribution in [2.24, 2.45) is 5.73 Å². The number of likely N-dealkylation sites (N-methyl/N-ethyl adjacent to an activating group) is 1. The van der Waals surface area contributed by atoms with Gasteiger partial charge in [0.25, 0.3) is 0 Å². The summed E-state index contributed by atoms with van der Waals surface area (Å²) >= 11 is 0. The van der Waals surface area contributed by atoms with Crippen molar-refractivity contribution >= 4 is 5.91 Å². The van der Waals surface area contributed by atoms with Gasteiger partial charge < -0.3 is 15.4 Å². The lowest BCUT2D eigenvalue weighted by Gasteiger charge is -2.19. The molecule has 0 radical (unpaired) electrons. The number of likely N-dealkylation sites (tertiary alicyclic amines) is 1. The van der Waals surface area contributed by atoms with E-state index in [9.17, 15) is 4.79 Å². The van der Waals surface area contributed by atoms with Crippen molar-refractivity contribution < 1.29 is 9.53 Å². The summed E-state index contributed by atoms with van der Waals surface area (Å²) in [6.45, 7) is 1.74. The Hall–Kier alpha value is -1.62. The standard InChI is InChI=1S/C12H17N3O2/c1-15-4-2-3-10(15)8-17-11-5-9(12(13)16)6-14-7-11/h5-7,10H,2-4,8H2,1H3,(H2,13,16)/t10-/m0/s1. The highest BCUT2D eigenvalue weighted by atomic mass is 16.5. The predicted octanol–water partition coefficient (Wildman–Crippen LogP) is 0.653. The van der Waals surface area contributed by atoms with E-state index >= 15 is 0 Å². The number of carbonyl (C=O) groups excluding carboxylic acids is 1. The van der Waals surface area contributed by atoms with Crippen LogP contribution in [0.2, 0.25) is 0 Å². The molecule has 92 valence electrons. The van der Waals surface area contributed by atoms with E-state index < -0.39 is 5.91 Å². The number of carbonyl (C=O) groups is 1. The second-order valence-corrected chi connectivity index (χ2v) is 4.36. The molecule has 1 atom stereocenters. The Morgan fingerprint density at radius 1 is 1.65 bits per heavy atom. The number of amides is 1. The summed E-state index contributed by atoms with van der Waals surface area (Å²) in [5, 5.41) is 0. The van der Waals surface area contributed by atoms with Crippen LogP contribution >= 0.6 is 0 Å². The van der Waals surface area contributed by atoms with Crippen molar-refractivity contribution in [1.82, 2.24) is 9.88 Å². The Labute approximate surface area is 101 Å². The van der Waals surface area contributed by atoms with Crippen LogP contribution in [0, 0.1) is 0 Å². The second-order valence-electron chi connectivity index (χ2n) is 4.36. The molecule has 1 aromatic heterocycles. The first-order valence-corrected chi connectivity index (χ1v) is 5.74. The maximum atomic E-state index is 11.0. The van der Waals surface area contributed by atoms with Gasteiger partial charge in [0.05, 0.1) is 11.8 Å². The predicted molar refractivity (Wildman–Crippen MR) is 63.9 cm³/mol. The third-order valence-electron chi connectivity index (χ3n) is 3.11. The largest absolute Gasteiger partial charge is 0.490 e. The van der Waals surface area contributed by atoms with E-state index in [-0.39, 0.29) is 0 Å². The Morgan fingerprint density at radius 2 is 2.47 bits per heavy atom. The average Bonchev–Trinajstić information content (AvgIpc) is 2.72. The number of pyridine rings is 1. The first-order valence-electron chi connectivity index (χ1n) is 5.74. The molecule has 0 unspecified atom stereocenters. The highest BCUT2D eigenvalue weighted by Gasteiger charge is 2.21. The summed E-state index contributed by atoms with van der Waals surface area (Å²) < 4.78 is 5.64. The zero-order valence-corrected chi connectivity index (χ0v) is 9.93. The Balaban J connectivity index is 1.94. The molecule has 0 aromatic carbocycles. The fraction of sp³-hybridized carbons (Fsp3) is 0.500. The van der Waals surface area contributed by atoms with Crippen LogP contribution in [0.25, 0.3) is 0 Å². The first kappa shape index (κ1) is 11.9. The van der Waals surface area contributed by atoms with Crippen molar-refractivity contribution in [2.75, 3.05) is 20.2 Å². The van der Waals surface area contributed by atoms with E-state index in [4.69, 9.17) is 10.5 Å². The molecule has 2 heterocycles. The lowest BCUT2D eigenvalue weighted by molar-refractivity contribution is 0.0999. The van der Waals surface area contributed by atoms with Gasteiger partial charge in [0.2, 0.25) is 5.91 Å². The van der Waals surface area contributed by atoms with Gasteiger partial charge in [-0.2, -0.15) is 0 Å². The maximum Gasteiger partial charge on any atom is 0.250 e. The molecule has 1 aromatic rings. The minimum atomic E-state index is -0.485. The average molecular weight is 235 g/mol. The van der Waals surface area contributed by atoms with Crippen LogP contribution in [0.4, 0.5) is 0 Å². The van der Waals surface area contributed by atoms with Crippen molar-refractivity contribution in [2.45, 2.75) is 18.9 Å².